The molecule has 120 valence electrons. The van der Waals surface area contributed by atoms with Crippen LogP contribution in [-0.2, 0) is 11.2 Å². The fourth-order valence-electron chi connectivity index (χ4n) is 2.11. The summed E-state index contributed by atoms with van der Waals surface area (Å²) in [4.78, 5) is 23.0. The van der Waals surface area contributed by atoms with Gasteiger partial charge in [-0.1, -0.05) is 20.8 Å². The molecule has 0 spiro atoms. The molecule has 0 atom stereocenters. The largest absolute Gasteiger partial charge is 0.360 e. The maximum absolute atomic E-state index is 11.9. The number of carbonyl (C=O) groups excluding carboxylic acids is 1. The quantitative estimate of drug-likeness (QED) is 0.822. The normalized spacial score (nSPS) is 11.1. The SMILES string of the molecule is CCc1cc2c(NCC(=O)NCCC(C)C)nc(C)nc2s1. The van der Waals surface area contributed by atoms with Gasteiger partial charge < -0.3 is 10.6 Å². The number of rotatable bonds is 7. The fraction of sp³-hybridized carbons (Fsp3) is 0.562. The first-order chi connectivity index (χ1) is 10.5. The molecule has 22 heavy (non-hydrogen) atoms. The van der Waals surface area contributed by atoms with Crippen LogP contribution in [0, 0.1) is 12.8 Å². The summed E-state index contributed by atoms with van der Waals surface area (Å²) in [5.41, 5.74) is 0. The average molecular weight is 320 g/mol. The van der Waals surface area contributed by atoms with Crippen LogP contribution < -0.4 is 10.6 Å². The Morgan fingerprint density at radius 2 is 2.14 bits per heavy atom. The summed E-state index contributed by atoms with van der Waals surface area (Å²) in [6, 6.07) is 2.11. The zero-order valence-electron chi connectivity index (χ0n) is 13.7. The standard InChI is InChI=1S/C16H24N4OS/c1-5-12-8-13-15(19-11(4)20-16(13)22-12)18-9-14(21)17-7-6-10(2)3/h8,10H,5-7,9H2,1-4H3,(H,17,21)(H,18,19,20). The minimum atomic E-state index is -0.00369. The molecule has 0 aromatic carbocycles. The molecule has 2 rings (SSSR count). The molecule has 0 aliphatic heterocycles. The van der Waals surface area contributed by atoms with Gasteiger partial charge in [-0.2, -0.15) is 0 Å². The Hall–Kier alpha value is -1.69. The number of aryl methyl sites for hydroxylation is 2. The van der Waals surface area contributed by atoms with E-state index in [2.05, 4.69) is 47.4 Å². The van der Waals surface area contributed by atoms with Crippen molar-refractivity contribution in [3.63, 3.8) is 0 Å². The van der Waals surface area contributed by atoms with E-state index in [0.29, 0.717) is 5.92 Å². The molecule has 0 aliphatic carbocycles. The van der Waals surface area contributed by atoms with Gasteiger partial charge in [-0.15, -0.1) is 11.3 Å². The number of carbonyl (C=O) groups is 1. The number of anilines is 1. The lowest BCUT2D eigenvalue weighted by Gasteiger charge is -2.09. The minimum absolute atomic E-state index is 0.00369. The number of fused-ring (bicyclic) bond motifs is 1. The summed E-state index contributed by atoms with van der Waals surface area (Å²) in [5, 5.41) is 7.07. The lowest BCUT2D eigenvalue weighted by molar-refractivity contribution is -0.119. The first-order valence-corrected chi connectivity index (χ1v) is 8.58. The second-order valence-corrected chi connectivity index (χ2v) is 6.91. The number of hydrogen-bond donors (Lipinski definition) is 2. The summed E-state index contributed by atoms with van der Waals surface area (Å²) in [5.74, 6) is 2.06. The van der Waals surface area contributed by atoms with Gasteiger partial charge in [-0.05, 0) is 31.7 Å². The highest BCUT2D eigenvalue weighted by molar-refractivity contribution is 7.18. The molecule has 2 heterocycles. The number of nitrogens with one attached hydrogen (secondary N) is 2. The van der Waals surface area contributed by atoms with Crippen molar-refractivity contribution >= 4 is 33.3 Å². The van der Waals surface area contributed by atoms with Crippen LogP contribution in [0.2, 0.25) is 0 Å². The third kappa shape index (κ3) is 4.40. The van der Waals surface area contributed by atoms with Crippen LogP contribution in [0.15, 0.2) is 6.07 Å². The Balaban J connectivity index is 2.01. The van der Waals surface area contributed by atoms with Crippen molar-refractivity contribution in [3.8, 4) is 0 Å². The molecule has 5 nitrogen and oxygen atoms in total. The molecule has 2 N–H and O–H groups in total. The summed E-state index contributed by atoms with van der Waals surface area (Å²) >= 11 is 1.69. The van der Waals surface area contributed by atoms with Crippen molar-refractivity contribution in [2.24, 2.45) is 5.92 Å². The number of amides is 1. The van der Waals surface area contributed by atoms with Crippen LogP contribution in [0.3, 0.4) is 0 Å². The van der Waals surface area contributed by atoms with Crippen LogP contribution in [0.1, 0.15) is 37.9 Å². The van der Waals surface area contributed by atoms with E-state index in [-0.39, 0.29) is 12.5 Å². The lowest BCUT2D eigenvalue weighted by atomic mass is 10.1. The van der Waals surface area contributed by atoms with Gasteiger partial charge in [-0.3, -0.25) is 4.79 Å². The lowest BCUT2D eigenvalue weighted by Crippen LogP contribution is -2.31. The van der Waals surface area contributed by atoms with Gasteiger partial charge in [0.2, 0.25) is 5.91 Å². The monoisotopic (exact) mass is 320 g/mol. The average Bonchev–Trinajstić information content (AvgIpc) is 2.87. The van der Waals surface area contributed by atoms with Gasteiger partial charge in [0.15, 0.2) is 0 Å². The highest BCUT2D eigenvalue weighted by Crippen LogP contribution is 2.29. The fourth-order valence-corrected chi connectivity index (χ4v) is 3.13. The maximum atomic E-state index is 11.9. The molecular weight excluding hydrogens is 296 g/mol. The second kappa shape index (κ2) is 7.54. The van der Waals surface area contributed by atoms with E-state index >= 15 is 0 Å². The van der Waals surface area contributed by atoms with Crippen LogP contribution >= 0.6 is 11.3 Å². The predicted molar refractivity (Wildman–Crippen MR) is 92.5 cm³/mol. The number of aromatic nitrogens is 2. The highest BCUT2D eigenvalue weighted by Gasteiger charge is 2.11. The number of thiophene rings is 1. The molecule has 0 aliphatic rings. The van der Waals surface area contributed by atoms with Crippen LogP contribution in [0.25, 0.3) is 10.2 Å². The zero-order valence-corrected chi connectivity index (χ0v) is 14.5. The molecule has 0 saturated heterocycles. The van der Waals surface area contributed by atoms with Crippen molar-refractivity contribution in [1.82, 2.24) is 15.3 Å². The van der Waals surface area contributed by atoms with Crippen LogP contribution in [0.4, 0.5) is 5.82 Å². The molecule has 0 radical (unpaired) electrons. The third-order valence-corrected chi connectivity index (χ3v) is 4.54. The molecule has 2 aromatic heterocycles. The van der Waals surface area contributed by atoms with E-state index in [1.54, 1.807) is 11.3 Å². The molecule has 6 heteroatoms. The molecule has 0 bridgehead atoms. The van der Waals surface area contributed by atoms with Crippen LogP contribution in [0.5, 0.6) is 0 Å². The highest BCUT2D eigenvalue weighted by atomic mass is 32.1. The Kier molecular flexibility index (Phi) is 5.71. The van der Waals surface area contributed by atoms with Gasteiger partial charge in [-0.25, -0.2) is 9.97 Å². The van der Waals surface area contributed by atoms with E-state index in [9.17, 15) is 4.79 Å². The molecule has 0 fully saturated rings. The van der Waals surface area contributed by atoms with Gasteiger partial charge in [0.05, 0.1) is 11.9 Å². The Morgan fingerprint density at radius 1 is 1.36 bits per heavy atom. The molecular formula is C16H24N4OS. The van der Waals surface area contributed by atoms with E-state index in [4.69, 9.17) is 0 Å². The van der Waals surface area contributed by atoms with Crippen molar-refractivity contribution in [2.45, 2.75) is 40.5 Å². The van der Waals surface area contributed by atoms with Gasteiger partial charge in [0.25, 0.3) is 0 Å². The third-order valence-electron chi connectivity index (χ3n) is 3.36. The maximum Gasteiger partial charge on any atom is 0.239 e. The van der Waals surface area contributed by atoms with E-state index in [0.717, 1.165) is 41.2 Å². The first-order valence-electron chi connectivity index (χ1n) is 7.77. The summed E-state index contributed by atoms with van der Waals surface area (Å²) < 4.78 is 0. The van der Waals surface area contributed by atoms with Gasteiger partial charge in [0, 0.05) is 11.4 Å². The molecule has 1 amide bonds. The van der Waals surface area contributed by atoms with E-state index in [1.807, 2.05) is 6.92 Å². The molecule has 0 unspecified atom stereocenters. The van der Waals surface area contributed by atoms with E-state index in [1.165, 1.54) is 4.88 Å². The molecule has 0 saturated carbocycles. The van der Waals surface area contributed by atoms with Gasteiger partial charge >= 0.3 is 0 Å². The zero-order chi connectivity index (χ0) is 16.1. The number of nitrogens with zero attached hydrogens (tertiary/aromatic N) is 2. The predicted octanol–water partition coefficient (Wildman–Crippen LogP) is 3.14. The van der Waals surface area contributed by atoms with Crippen molar-refractivity contribution in [1.29, 1.82) is 0 Å². The second-order valence-electron chi connectivity index (χ2n) is 5.79. The van der Waals surface area contributed by atoms with Crippen molar-refractivity contribution < 1.29 is 4.79 Å². The van der Waals surface area contributed by atoms with Crippen molar-refractivity contribution in [2.75, 3.05) is 18.4 Å². The topological polar surface area (TPSA) is 66.9 Å². The number of hydrogen-bond acceptors (Lipinski definition) is 5. The summed E-state index contributed by atoms with van der Waals surface area (Å²) in [6.07, 6.45) is 1.97. The smallest absolute Gasteiger partial charge is 0.239 e. The minimum Gasteiger partial charge on any atom is -0.360 e. The van der Waals surface area contributed by atoms with Crippen LogP contribution in [-0.4, -0.2) is 29.0 Å². The van der Waals surface area contributed by atoms with E-state index < -0.39 is 0 Å². The Bertz CT molecular complexity index is 651. The summed E-state index contributed by atoms with van der Waals surface area (Å²) in [6.45, 7) is 9.24. The first kappa shape index (κ1) is 16.7. The van der Waals surface area contributed by atoms with Crippen molar-refractivity contribution in [3.05, 3.63) is 16.8 Å². The summed E-state index contributed by atoms with van der Waals surface area (Å²) in [7, 11) is 0. The molecule has 2 aromatic rings. The Morgan fingerprint density at radius 3 is 2.82 bits per heavy atom. The Labute approximate surface area is 135 Å². The van der Waals surface area contributed by atoms with Gasteiger partial charge in [0.1, 0.15) is 16.5 Å².